The van der Waals surface area contributed by atoms with E-state index in [-0.39, 0.29) is 49.6 Å². The molecule has 0 aliphatic carbocycles. The molecule has 0 amide bonds. The standard InChI is InChI=1S/C30H38NO14P/c1-6-39-46(37,40-7-2)16-15-25-27(41-19(3)32)28(42-20(4)33)29(43-21(5)34)30(45-25)44-23-13-14-24(31(35)36)26(17-23)38-18-22-11-9-8-10-12-22/h8-14,17,25,27-30H,6-7,15-16,18H2,1-5H3/t25-,27-,28+,29+,30+/m1/s1. The van der Waals surface area contributed by atoms with E-state index >= 15 is 0 Å². The lowest BCUT2D eigenvalue weighted by molar-refractivity contribution is -0.386. The number of ether oxygens (including phenoxy) is 6. The van der Waals surface area contributed by atoms with Crippen molar-refractivity contribution in [3.8, 4) is 11.5 Å². The Morgan fingerprint density at radius 3 is 2.02 bits per heavy atom. The van der Waals surface area contributed by atoms with Gasteiger partial charge in [-0.3, -0.25) is 29.1 Å². The summed E-state index contributed by atoms with van der Waals surface area (Å²) in [4.78, 5) is 47.7. The van der Waals surface area contributed by atoms with Gasteiger partial charge in [0.15, 0.2) is 12.2 Å². The van der Waals surface area contributed by atoms with Gasteiger partial charge in [-0.05, 0) is 31.9 Å². The second kappa shape index (κ2) is 17.0. The summed E-state index contributed by atoms with van der Waals surface area (Å²) in [6.07, 6.45) is -7.15. The first kappa shape index (κ1) is 36.4. The van der Waals surface area contributed by atoms with Crippen molar-refractivity contribution in [1.29, 1.82) is 0 Å². The van der Waals surface area contributed by atoms with E-state index in [0.717, 1.165) is 26.3 Å². The van der Waals surface area contributed by atoms with Gasteiger partial charge in [-0.1, -0.05) is 30.3 Å². The Hall–Kier alpha value is -4.04. The smallest absolute Gasteiger partial charge is 0.330 e. The zero-order valence-electron chi connectivity index (χ0n) is 26.2. The predicted molar refractivity (Wildman–Crippen MR) is 160 cm³/mol. The zero-order valence-corrected chi connectivity index (χ0v) is 27.0. The normalized spacial score (nSPS) is 21.1. The Morgan fingerprint density at radius 1 is 0.870 bits per heavy atom. The quantitative estimate of drug-likeness (QED) is 0.0786. The van der Waals surface area contributed by atoms with Crippen LogP contribution in [-0.4, -0.2) is 72.9 Å². The van der Waals surface area contributed by atoms with Crippen LogP contribution in [0, 0.1) is 10.1 Å². The molecule has 1 heterocycles. The summed E-state index contributed by atoms with van der Waals surface area (Å²) in [6.45, 7) is 6.86. The Bertz CT molecular complexity index is 1390. The molecule has 3 rings (SSSR count). The predicted octanol–water partition coefficient (Wildman–Crippen LogP) is 4.73. The third kappa shape index (κ3) is 10.5. The second-order valence-corrected chi connectivity index (χ2v) is 12.2. The molecular formula is C30H38NO14P. The number of esters is 3. The number of hydrogen-bond acceptors (Lipinski definition) is 14. The molecule has 0 aromatic heterocycles. The minimum Gasteiger partial charge on any atom is -0.482 e. The summed E-state index contributed by atoms with van der Waals surface area (Å²) in [5.41, 5.74) is 0.422. The molecule has 1 aliphatic heterocycles. The first-order valence-electron chi connectivity index (χ1n) is 14.5. The zero-order chi connectivity index (χ0) is 33.9. The maximum Gasteiger partial charge on any atom is 0.330 e. The van der Waals surface area contributed by atoms with E-state index in [1.807, 2.05) is 6.07 Å². The fourth-order valence-electron chi connectivity index (χ4n) is 4.73. The number of nitro groups is 1. The van der Waals surface area contributed by atoms with E-state index in [4.69, 9.17) is 37.5 Å². The third-order valence-corrected chi connectivity index (χ3v) is 8.56. The molecule has 16 heteroatoms. The maximum absolute atomic E-state index is 13.3. The topological polar surface area (TPSA) is 185 Å². The lowest BCUT2D eigenvalue weighted by Gasteiger charge is -2.44. The summed E-state index contributed by atoms with van der Waals surface area (Å²) < 4.78 is 58.4. The third-order valence-electron chi connectivity index (χ3n) is 6.45. The maximum atomic E-state index is 13.3. The van der Waals surface area contributed by atoms with E-state index in [1.54, 1.807) is 38.1 Å². The van der Waals surface area contributed by atoms with E-state index in [2.05, 4.69) is 0 Å². The van der Waals surface area contributed by atoms with Crippen molar-refractivity contribution in [3.05, 3.63) is 64.2 Å². The van der Waals surface area contributed by atoms with Gasteiger partial charge in [-0.25, -0.2) is 0 Å². The van der Waals surface area contributed by atoms with Gasteiger partial charge in [-0.2, -0.15) is 0 Å². The number of carbonyl (C=O) groups is 3. The molecule has 1 saturated heterocycles. The van der Waals surface area contributed by atoms with Gasteiger partial charge in [-0.15, -0.1) is 0 Å². The highest BCUT2D eigenvalue weighted by molar-refractivity contribution is 7.53. The molecule has 5 atom stereocenters. The molecular weight excluding hydrogens is 629 g/mol. The number of nitrogens with zero attached hydrogens (tertiary/aromatic N) is 1. The number of benzene rings is 2. The molecule has 1 aliphatic rings. The van der Waals surface area contributed by atoms with Crippen molar-refractivity contribution in [3.63, 3.8) is 0 Å². The van der Waals surface area contributed by atoms with Crippen LogP contribution in [0.1, 0.15) is 46.6 Å². The minimum absolute atomic E-state index is 0.0105. The largest absolute Gasteiger partial charge is 0.482 e. The van der Waals surface area contributed by atoms with Crippen LogP contribution in [0.4, 0.5) is 5.69 Å². The summed E-state index contributed by atoms with van der Waals surface area (Å²) >= 11 is 0. The van der Waals surface area contributed by atoms with Gasteiger partial charge in [0.1, 0.15) is 18.5 Å². The van der Waals surface area contributed by atoms with Gasteiger partial charge in [0, 0.05) is 32.9 Å². The average Bonchev–Trinajstić information content (AvgIpc) is 2.98. The van der Waals surface area contributed by atoms with E-state index in [0.29, 0.717) is 0 Å². The van der Waals surface area contributed by atoms with Crippen LogP contribution >= 0.6 is 7.60 Å². The lowest BCUT2D eigenvalue weighted by Crippen LogP contribution is -2.62. The van der Waals surface area contributed by atoms with Crippen molar-refractivity contribution in [2.75, 3.05) is 19.4 Å². The van der Waals surface area contributed by atoms with Gasteiger partial charge in [0.2, 0.25) is 18.1 Å². The molecule has 0 spiro atoms. The van der Waals surface area contributed by atoms with Crippen molar-refractivity contribution in [1.82, 2.24) is 0 Å². The van der Waals surface area contributed by atoms with Crippen LogP contribution in [0.5, 0.6) is 11.5 Å². The SMILES string of the molecule is CCOP(=O)(CC[C@H]1O[C@H](Oc2ccc([N+](=O)[O-])c(OCc3ccccc3)c2)[C@@H](OC(C)=O)[C@@H](OC(C)=O)[C@@H]1OC(C)=O)OCC. The molecule has 0 radical (unpaired) electrons. The molecule has 2 aromatic rings. The highest BCUT2D eigenvalue weighted by Crippen LogP contribution is 2.49. The second-order valence-electron chi connectivity index (χ2n) is 10.0. The molecule has 252 valence electrons. The van der Waals surface area contributed by atoms with E-state index < -0.39 is 61.1 Å². The minimum atomic E-state index is -3.61. The van der Waals surface area contributed by atoms with Crippen LogP contribution in [0.25, 0.3) is 0 Å². The molecule has 46 heavy (non-hydrogen) atoms. The van der Waals surface area contributed by atoms with Gasteiger partial charge >= 0.3 is 31.2 Å². The van der Waals surface area contributed by atoms with Crippen LogP contribution < -0.4 is 9.47 Å². The monoisotopic (exact) mass is 667 g/mol. The summed E-state index contributed by atoms with van der Waals surface area (Å²) in [6, 6.07) is 12.7. The molecule has 1 fully saturated rings. The summed E-state index contributed by atoms with van der Waals surface area (Å²) in [5.74, 6) is -2.46. The molecule has 0 saturated carbocycles. The Labute approximate surface area is 266 Å². The van der Waals surface area contributed by atoms with Crippen molar-refractivity contribution in [2.24, 2.45) is 0 Å². The van der Waals surface area contributed by atoms with Crippen molar-refractivity contribution >= 4 is 31.2 Å². The molecule has 2 aromatic carbocycles. The van der Waals surface area contributed by atoms with Crippen LogP contribution in [0.3, 0.4) is 0 Å². The Morgan fingerprint density at radius 2 is 1.46 bits per heavy atom. The average molecular weight is 668 g/mol. The number of nitro benzene ring substituents is 1. The molecule has 0 bridgehead atoms. The van der Waals surface area contributed by atoms with Gasteiger partial charge in [0.25, 0.3) is 0 Å². The summed E-state index contributed by atoms with van der Waals surface area (Å²) in [5, 5.41) is 11.7. The van der Waals surface area contributed by atoms with Crippen LogP contribution in [0.15, 0.2) is 48.5 Å². The number of carbonyl (C=O) groups excluding carboxylic acids is 3. The van der Waals surface area contributed by atoms with E-state index in [1.165, 1.54) is 18.2 Å². The lowest BCUT2D eigenvalue weighted by atomic mass is 9.96. The van der Waals surface area contributed by atoms with Gasteiger partial charge in [0.05, 0.1) is 24.3 Å². The number of rotatable bonds is 16. The molecule has 0 N–H and O–H groups in total. The van der Waals surface area contributed by atoms with E-state index in [9.17, 15) is 29.1 Å². The Balaban J connectivity index is 2.01. The number of hydrogen-bond donors (Lipinski definition) is 0. The highest BCUT2D eigenvalue weighted by atomic mass is 31.2. The van der Waals surface area contributed by atoms with Crippen molar-refractivity contribution in [2.45, 2.75) is 78.4 Å². The fourth-order valence-corrected chi connectivity index (χ4v) is 6.42. The summed E-state index contributed by atoms with van der Waals surface area (Å²) in [7, 11) is -3.61. The Kier molecular flexibility index (Phi) is 13.5. The first-order chi connectivity index (χ1) is 21.9. The fraction of sp³-hybridized carbons (Fsp3) is 0.500. The first-order valence-corrected chi connectivity index (χ1v) is 16.3. The molecule has 15 nitrogen and oxygen atoms in total. The van der Waals surface area contributed by atoms with Crippen LogP contribution in [-0.2, 0) is 53.6 Å². The van der Waals surface area contributed by atoms with Crippen LogP contribution in [0.2, 0.25) is 0 Å². The van der Waals surface area contributed by atoms with Crippen molar-refractivity contribution < 1.29 is 61.3 Å². The highest BCUT2D eigenvalue weighted by Gasteiger charge is 2.53. The molecule has 0 unspecified atom stereocenters. The van der Waals surface area contributed by atoms with Gasteiger partial charge < -0.3 is 37.5 Å².